The maximum atomic E-state index is 11.8. The SMILES string of the molecule is CCN(CC)c1ccc(N=Nc2nc(S(=O)(=O)O)c(C=O)s2)c(Nc2nc(Nc3cc(N(CC)CC)ccc3N=Nc3nc(S(=O)(=O)O)c(C=O)s3)nc(SCCO)n2)c1. The van der Waals surface area contributed by atoms with Gasteiger partial charge < -0.3 is 25.5 Å². The van der Waals surface area contributed by atoms with E-state index in [9.17, 15) is 40.6 Å². The summed E-state index contributed by atoms with van der Waals surface area (Å²) in [4.78, 5) is 47.6. The van der Waals surface area contributed by atoms with E-state index in [-0.39, 0.29) is 73.4 Å². The van der Waals surface area contributed by atoms with E-state index in [1.54, 1.807) is 36.4 Å². The number of aliphatic hydroxyl groups excluding tert-OH is 1. The van der Waals surface area contributed by atoms with Gasteiger partial charge in [0.05, 0.1) is 18.0 Å². The predicted octanol–water partition coefficient (Wildman–Crippen LogP) is 7.00. The van der Waals surface area contributed by atoms with Crippen molar-refractivity contribution in [3.63, 3.8) is 0 Å². The summed E-state index contributed by atoms with van der Waals surface area (Å²) in [5, 5.41) is 30.6. The van der Waals surface area contributed by atoms with Gasteiger partial charge in [-0.25, -0.2) is 9.97 Å². The molecule has 0 atom stereocenters. The number of benzene rings is 2. The molecule has 3 aromatic heterocycles. The lowest BCUT2D eigenvalue weighted by Gasteiger charge is -2.22. The Morgan fingerprint density at radius 3 is 1.42 bits per heavy atom. The highest BCUT2D eigenvalue weighted by molar-refractivity contribution is 7.99. The van der Waals surface area contributed by atoms with Crippen molar-refractivity contribution in [2.24, 2.45) is 20.5 Å². The lowest BCUT2D eigenvalue weighted by Crippen LogP contribution is -2.21. The van der Waals surface area contributed by atoms with Crippen LogP contribution in [0.1, 0.15) is 47.0 Å². The molecule has 0 aliphatic rings. The number of rotatable bonds is 21. The Labute approximate surface area is 355 Å². The predicted molar refractivity (Wildman–Crippen MR) is 227 cm³/mol. The minimum absolute atomic E-state index is 0.0252. The standard InChI is InChI=1S/C33H37N13O9S5/c1-5-45(6-2)19-9-11-21(41-43-32-36-27(59(50,51)52)25(17-48)57-32)23(15-19)34-29-38-30(40-31(39-29)56-14-13-47)35-24-16-20(46(7-3)8-4)10-12-22(24)42-44-33-37-28(60(53,54)55)26(18-49)58-33/h9-12,15-18,47H,5-8,13-14H2,1-4H3,(H,50,51,52)(H,53,54,55)(H2,34,35,38,39,40). The molecule has 5 aromatic rings. The third-order valence-corrected chi connectivity index (χ3v) is 12.5. The molecule has 60 heavy (non-hydrogen) atoms. The molecule has 0 bridgehead atoms. The third-order valence-electron chi connectivity index (χ3n) is 8.06. The molecule has 0 saturated carbocycles. The number of carbonyl (C=O) groups excluding carboxylic acids is 2. The van der Waals surface area contributed by atoms with Crippen LogP contribution in [0.15, 0.2) is 72.1 Å². The molecule has 0 amide bonds. The van der Waals surface area contributed by atoms with Gasteiger partial charge in [-0.3, -0.25) is 18.7 Å². The maximum absolute atomic E-state index is 11.8. The molecular formula is C33H37N13O9S5. The Balaban J connectivity index is 1.58. The second-order valence-electron chi connectivity index (χ2n) is 11.8. The number of carbonyl (C=O) groups is 2. The first-order valence-corrected chi connectivity index (χ1v) is 23.2. The number of hydrogen-bond donors (Lipinski definition) is 5. The zero-order valence-corrected chi connectivity index (χ0v) is 36.2. The maximum Gasteiger partial charge on any atom is 0.313 e. The van der Waals surface area contributed by atoms with E-state index in [1.165, 1.54) is 0 Å². The van der Waals surface area contributed by atoms with Crippen LogP contribution < -0.4 is 20.4 Å². The highest BCUT2D eigenvalue weighted by Gasteiger charge is 2.23. The van der Waals surface area contributed by atoms with Gasteiger partial charge in [0.15, 0.2) is 17.7 Å². The summed E-state index contributed by atoms with van der Waals surface area (Å²) in [5.41, 5.74) is 2.74. The quantitative estimate of drug-likeness (QED) is 0.0214. The van der Waals surface area contributed by atoms with E-state index >= 15 is 0 Å². The topological polar surface area (TPSA) is 308 Å². The van der Waals surface area contributed by atoms with Crippen molar-refractivity contribution in [2.75, 3.05) is 59.0 Å². The summed E-state index contributed by atoms with van der Waals surface area (Å²) >= 11 is 2.37. The third kappa shape index (κ3) is 11.4. The number of aliphatic hydroxyl groups is 1. The van der Waals surface area contributed by atoms with Crippen molar-refractivity contribution in [1.29, 1.82) is 0 Å². The van der Waals surface area contributed by atoms with Gasteiger partial charge in [-0.15, -0.1) is 20.5 Å². The van der Waals surface area contributed by atoms with Crippen molar-refractivity contribution < 1.29 is 40.6 Å². The lowest BCUT2D eigenvalue weighted by molar-refractivity contribution is 0.111. The summed E-state index contributed by atoms with van der Waals surface area (Å²) in [6, 6.07) is 10.4. The molecule has 0 aliphatic carbocycles. The fraction of sp³-hybridized carbons (Fsp3) is 0.303. The van der Waals surface area contributed by atoms with Gasteiger partial charge in [0.2, 0.25) is 32.2 Å². The number of nitrogens with zero attached hydrogens (tertiary/aromatic N) is 11. The van der Waals surface area contributed by atoms with Gasteiger partial charge in [-0.1, -0.05) is 34.4 Å². The lowest BCUT2D eigenvalue weighted by atomic mass is 10.2. The molecule has 0 radical (unpaired) electrons. The normalized spacial score (nSPS) is 12.0. The van der Waals surface area contributed by atoms with Gasteiger partial charge in [0, 0.05) is 43.3 Å². The molecule has 318 valence electrons. The first kappa shape index (κ1) is 45.7. The number of azo groups is 2. The smallest absolute Gasteiger partial charge is 0.313 e. The van der Waals surface area contributed by atoms with E-state index in [4.69, 9.17) is 0 Å². The number of hydrogen-bond acceptors (Lipinski definition) is 23. The zero-order valence-electron chi connectivity index (χ0n) is 32.1. The summed E-state index contributed by atoms with van der Waals surface area (Å²) in [7, 11) is -9.61. The molecule has 3 heterocycles. The Morgan fingerprint density at radius 2 is 1.08 bits per heavy atom. The minimum Gasteiger partial charge on any atom is -0.396 e. The van der Waals surface area contributed by atoms with Gasteiger partial charge in [-0.05, 0) is 64.1 Å². The first-order valence-electron chi connectivity index (χ1n) is 17.7. The molecule has 22 nitrogen and oxygen atoms in total. The van der Waals surface area contributed by atoms with Crippen LogP contribution in [0.3, 0.4) is 0 Å². The Hall–Kier alpha value is -5.42. The fourth-order valence-electron chi connectivity index (χ4n) is 5.32. The van der Waals surface area contributed by atoms with Crippen molar-refractivity contribution in [3.05, 3.63) is 46.2 Å². The Morgan fingerprint density at radius 1 is 0.667 bits per heavy atom. The van der Waals surface area contributed by atoms with E-state index in [2.05, 4.69) is 65.8 Å². The number of thiazole rings is 2. The van der Waals surface area contributed by atoms with Crippen molar-refractivity contribution >= 4 is 124 Å². The monoisotopic (exact) mass is 919 g/mol. The molecule has 0 aliphatic heterocycles. The average molecular weight is 920 g/mol. The zero-order chi connectivity index (χ0) is 43.6. The number of aromatic nitrogens is 5. The highest BCUT2D eigenvalue weighted by atomic mass is 32.2. The van der Waals surface area contributed by atoms with Crippen LogP contribution in [0.25, 0.3) is 0 Å². The molecule has 0 saturated heterocycles. The molecule has 0 fully saturated rings. The van der Waals surface area contributed by atoms with Crippen LogP contribution in [0.2, 0.25) is 0 Å². The summed E-state index contributed by atoms with van der Waals surface area (Å²) in [5.74, 6) is 0.288. The second-order valence-corrected chi connectivity index (χ2v) is 17.5. The van der Waals surface area contributed by atoms with Crippen LogP contribution in [-0.2, 0) is 20.2 Å². The van der Waals surface area contributed by atoms with E-state index < -0.39 is 30.3 Å². The van der Waals surface area contributed by atoms with Crippen LogP contribution in [0.5, 0.6) is 0 Å². The van der Waals surface area contributed by atoms with Crippen LogP contribution in [0.4, 0.5) is 56.3 Å². The fourth-order valence-corrected chi connectivity index (χ4v) is 9.09. The molecule has 0 unspecified atom stereocenters. The molecule has 5 N–H and O–H groups in total. The number of thioether (sulfide) groups is 1. The minimum atomic E-state index is -4.80. The number of nitrogens with one attached hydrogen (secondary N) is 2. The summed E-state index contributed by atoms with van der Waals surface area (Å²) in [6.07, 6.45) is 0.480. The average Bonchev–Trinajstić information content (AvgIpc) is 3.85. The number of anilines is 6. The largest absolute Gasteiger partial charge is 0.396 e. The molecular weight excluding hydrogens is 883 g/mol. The molecule has 2 aromatic carbocycles. The Kier molecular flexibility index (Phi) is 15.4. The van der Waals surface area contributed by atoms with E-state index in [1.807, 2.05) is 27.7 Å². The highest BCUT2D eigenvalue weighted by Crippen LogP contribution is 2.37. The van der Waals surface area contributed by atoms with Gasteiger partial charge in [0.1, 0.15) is 21.1 Å². The first-order chi connectivity index (χ1) is 28.6. The van der Waals surface area contributed by atoms with E-state index in [0.29, 0.717) is 60.2 Å². The van der Waals surface area contributed by atoms with Crippen LogP contribution in [0, 0.1) is 0 Å². The van der Waals surface area contributed by atoms with Crippen LogP contribution >= 0.6 is 34.4 Å². The van der Waals surface area contributed by atoms with Crippen molar-refractivity contribution in [1.82, 2.24) is 24.9 Å². The summed E-state index contributed by atoms with van der Waals surface area (Å²) < 4.78 is 66.0. The van der Waals surface area contributed by atoms with E-state index in [0.717, 1.165) is 23.1 Å². The molecule has 0 spiro atoms. The van der Waals surface area contributed by atoms with Crippen molar-refractivity contribution in [3.8, 4) is 0 Å². The summed E-state index contributed by atoms with van der Waals surface area (Å²) in [6.45, 7) is 10.4. The second kappa shape index (κ2) is 20.2. The Bertz CT molecular complexity index is 2460. The van der Waals surface area contributed by atoms with Gasteiger partial charge in [-0.2, -0.15) is 31.8 Å². The van der Waals surface area contributed by atoms with Gasteiger partial charge in [0.25, 0.3) is 0 Å². The van der Waals surface area contributed by atoms with Gasteiger partial charge >= 0.3 is 20.2 Å². The van der Waals surface area contributed by atoms with Crippen LogP contribution in [-0.4, -0.2) is 107 Å². The molecule has 27 heteroatoms. The molecule has 5 rings (SSSR count). The number of aldehydes is 2. The van der Waals surface area contributed by atoms with Crippen molar-refractivity contribution in [2.45, 2.75) is 42.9 Å².